The second kappa shape index (κ2) is 5.45. The van der Waals surface area contributed by atoms with Crippen molar-refractivity contribution in [2.75, 3.05) is 7.11 Å². The van der Waals surface area contributed by atoms with Gasteiger partial charge in [-0.3, -0.25) is 0 Å². The Labute approximate surface area is 110 Å². The Morgan fingerprint density at radius 2 is 1.72 bits per heavy atom. The van der Waals surface area contributed by atoms with Gasteiger partial charge in [-0.15, -0.1) is 0 Å². The van der Waals surface area contributed by atoms with Gasteiger partial charge in [0.05, 0.1) is 23.8 Å². The van der Waals surface area contributed by atoms with E-state index in [9.17, 15) is 4.79 Å². The van der Waals surface area contributed by atoms with Crippen molar-refractivity contribution in [3.63, 3.8) is 0 Å². The fourth-order valence-electron chi connectivity index (χ4n) is 1.66. The summed E-state index contributed by atoms with van der Waals surface area (Å²) in [6, 6.07) is 0. The maximum absolute atomic E-state index is 11.8. The van der Waals surface area contributed by atoms with Crippen LogP contribution in [0.15, 0.2) is 11.5 Å². The van der Waals surface area contributed by atoms with Gasteiger partial charge < -0.3 is 14.0 Å². The normalized spacial score (nSPS) is 22.1. The predicted octanol–water partition coefficient (Wildman–Crippen LogP) is 2.52. The lowest BCUT2D eigenvalue weighted by Gasteiger charge is -2.32. The Balaban J connectivity index is 2.94. The summed E-state index contributed by atoms with van der Waals surface area (Å²) in [5.74, 6) is -0.387. The molecule has 1 rings (SSSR count). The Bertz CT molecular complexity index is 331. The van der Waals surface area contributed by atoms with E-state index in [2.05, 4.69) is 6.92 Å². The molecular formula is C13H23BO4. The second-order valence-corrected chi connectivity index (χ2v) is 5.53. The molecule has 0 spiro atoms. The quantitative estimate of drug-likeness (QED) is 0.439. The third-order valence-electron chi connectivity index (χ3n) is 3.58. The summed E-state index contributed by atoms with van der Waals surface area (Å²) in [4.78, 5) is 11.8. The zero-order valence-electron chi connectivity index (χ0n) is 12.2. The first kappa shape index (κ1) is 15.3. The molecule has 0 saturated carbocycles. The van der Waals surface area contributed by atoms with Gasteiger partial charge in [-0.05, 0) is 34.1 Å². The van der Waals surface area contributed by atoms with Gasteiger partial charge in [-0.25, -0.2) is 4.79 Å². The summed E-state index contributed by atoms with van der Waals surface area (Å²) in [5, 5.41) is 0. The number of rotatable bonds is 4. The highest BCUT2D eigenvalue weighted by atomic mass is 16.7. The molecule has 0 unspecified atom stereocenters. The van der Waals surface area contributed by atoms with Crippen molar-refractivity contribution in [3.8, 4) is 0 Å². The monoisotopic (exact) mass is 254 g/mol. The van der Waals surface area contributed by atoms with Crippen LogP contribution in [0.5, 0.6) is 0 Å². The first-order valence-corrected chi connectivity index (χ1v) is 6.39. The Morgan fingerprint density at radius 3 is 2.11 bits per heavy atom. The van der Waals surface area contributed by atoms with E-state index in [0.717, 1.165) is 12.8 Å². The minimum Gasteiger partial charge on any atom is -0.466 e. The first-order valence-electron chi connectivity index (χ1n) is 6.39. The highest BCUT2D eigenvalue weighted by Crippen LogP contribution is 2.38. The molecule has 1 heterocycles. The number of allylic oxidation sites excluding steroid dienone is 1. The average molecular weight is 254 g/mol. The standard InChI is InChI=1S/C13H23BO4/c1-7-8-9-10(11(15)16-6)14-17-12(2,3)13(4,5)18-14/h9H,7-8H2,1-6H3/b10-9+. The lowest BCUT2D eigenvalue weighted by molar-refractivity contribution is -0.135. The fourth-order valence-corrected chi connectivity index (χ4v) is 1.66. The third kappa shape index (κ3) is 2.95. The van der Waals surface area contributed by atoms with Crippen LogP contribution < -0.4 is 0 Å². The lowest BCUT2D eigenvalue weighted by Crippen LogP contribution is -2.41. The minimum absolute atomic E-state index is 0.387. The topological polar surface area (TPSA) is 44.8 Å². The van der Waals surface area contributed by atoms with Crippen LogP contribution in [0.2, 0.25) is 0 Å². The molecule has 4 nitrogen and oxygen atoms in total. The van der Waals surface area contributed by atoms with E-state index in [1.54, 1.807) is 0 Å². The number of carbonyl (C=O) groups excluding carboxylic acids is 1. The smallest absolute Gasteiger partial charge is 0.466 e. The predicted molar refractivity (Wildman–Crippen MR) is 71.1 cm³/mol. The van der Waals surface area contributed by atoms with Crippen LogP contribution >= 0.6 is 0 Å². The van der Waals surface area contributed by atoms with Crippen LogP contribution in [0.1, 0.15) is 47.5 Å². The Morgan fingerprint density at radius 1 is 1.22 bits per heavy atom. The molecule has 0 N–H and O–H groups in total. The van der Waals surface area contributed by atoms with Crippen LogP contribution in [-0.4, -0.2) is 31.4 Å². The highest BCUT2D eigenvalue weighted by Gasteiger charge is 2.53. The van der Waals surface area contributed by atoms with E-state index in [4.69, 9.17) is 14.0 Å². The van der Waals surface area contributed by atoms with E-state index in [1.807, 2.05) is 33.8 Å². The summed E-state index contributed by atoms with van der Waals surface area (Å²) in [5.41, 5.74) is -0.438. The molecule has 1 fully saturated rings. The van der Waals surface area contributed by atoms with Crippen LogP contribution in [0.4, 0.5) is 0 Å². The molecule has 1 aliphatic rings. The molecular weight excluding hydrogens is 231 g/mol. The van der Waals surface area contributed by atoms with Crippen LogP contribution in [-0.2, 0) is 18.8 Å². The second-order valence-electron chi connectivity index (χ2n) is 5.53. The molecule has 0 bridgehead atoms. The van der Waals surface area contributed by atoms with E-state index < -0.39 is 18.3 Å². The number of methoxy groups -OCH3 is 1. The molecule has 18 heavy (non-hydrogen) atoms. The fraction of sp³-hybridized carbons (Fsp3) is 0.769. The minimum atomic E-state index is -0.644. The maximum atomic E-state index is 11.8. The lowest BCUT2D eigenvalue weighted by atomic mass is 9.77. The van der Waals surface area contributed by atoms with E-state index in [0.29, 0.717) is 5.47 Å². The average Bonchev–Trinajstić information content (AvgIpc) is 2.48. The summed E-state index contributed by atoms with van der Waals surface area (Å²) in [7, 11) is 0.724. The van der Waals surface area contributed by atoms with Crippen molar-refractivity contribution in [2.45, 2.75) is 58.7 Å². The molecule has 0 aromatic carbocycles. The Kier molecular flexibility index (Phi) is 4.62. The van der Waals surface area contributed by atoms with Crippen LogP contribution in [0.3, 0.4) is 0 Å². The number of unbranched alkanes of at least 4 members (excludes halogenated alkanes) is 1. The van der Waals surface area contributed by atoms with Gasteiger partial charge in [0.1, 0.15) is 0 Å². The number of ether oxygens (including phenoxy) is 1. The van der Waals surface area contributed by atoms with Gasteiger partial charge in [0.25, 0.3) is 0 Å². The van der Waals surface area contributed by atoms with Gasteiger partial charge in [0.2, 0.25) is 0 Å². The molecule has 5 heteroatoms. The zero-order chi connectivity index (χ0) is 14.0. The molecule has 0 aliphatic carbocycles. The largest absolute Gasteiger partial charge is 0.502 e. The number of hydrogen-bond acceptors (Lipinski definition) is 4. The van der Waals surface area contributed by atoms with Crippen molar-refractivity contribution in [2.24, 2.45) is 0 Å². The highest BCUT2D eigenvalue weighted by molar-refractivity contribution is 6.61. The van der Waals surface area contributed by atoms with Crippen molar-refractivity contribution < 1.29 is 18.8 Å². The maximum Gasteiger partial charge on any atom is 0.502 e. The van der Waals surface area contributed by atoms with Gasteiger partial charge in [0, 0.05) is 0 Å². The van der Waals surface area contributed by atoms with Crippen molar-refractivity contribution >= 4 is 13.1 Å². The van der Waals surface area contributed by atoms with Gasteiger partial charge >= 0.3 is 13.1 Å². The van der Waals surface area contributed by atoms with E-state index in [-0.39, 0.29) is 5.97 Å². The molecule has 0 atom stereocenters. The number of carbonyl (C=O) groups is 1. The third-order valence-corrected chi connectivity index (χ3v) is 3.58. The van der Waals surface area contributed by atoms with Gasteiger partial charge in [0.15, 0.2) is 0 Å². The molecule has 1 saturated heterocycles. The van der Waals surface area contributed by atoms with Gasteiger partial charge in [-0.2, -0.15) is 0 Å². The number of esters is 1. The van der Waals surface area contributed by atoms with Crippen molar-refractivity contribution in [1.82, 2.24) is 0 Å². The molecule has 102 valence electrons. The first-order chi connectivity index (χ1) is 8.25. The summed E-state index contributed by atoms with van der Waals surface area (Å²) in [6.07, 6.45) is 3.60. The van der Waals surface area contributed by atoms with Crippen molar-refractivity contribution in [3.05, 3.63) is 11.5 Å². The summed E-state index contributed by atoms with van der Waals surface area (Å²) >= 11 is 0. The molecule has 0 aromatic heterocycles. The SMILES string of the molecule is CCC/C=C(/B1OC(C)(C)C(C)(C)O1)C(=O)OC. The Hall–Kier alpha value is -0.805. The van der Waals surface area contributed by atoms with Crippen LogP contribution in [0.25, 0.3) is 0 Å². The molecule has 0 radical (unpaired) electrons. The molecule has 0 amide bonds. The number of hydrogen-bond donors (Lipinski definition) is 0. The van der Waals surface area contributed by atoms with Crippen LogP contribution in [0, 0.1) is 0 Å². The summed E-state index contributed by atoms with van der Waals surface area (Å²) < 4.78 is 16.5. The van der Waals surface area contributed by atoms with E-state index in [1.165, 1.54) is 7.11 Å². The summed E-state index contributed by atoms with van der Waals surface area (Å²) in [6.45, 7) is 9.89. The molecule has 0 aromatic rings. The zero-order valence-corrected chi connectivity index (χ0v) is 12.2. The van der Waals surface area contributed by atoms with E-state index >= 15 is 0 Å². The molecule has 1 aliphatic heterocycles. The van der Waals surface area contributed by atoms with Crippen molar-refractivity contribution in [1.29, 1.82) is 0 Å². The van der Waals surface area contributed by atoms with Gasteiger partial charge in [-0.1, -0.05) is 19.4 Å².